The van der Waals surface area contributed by atoms with E-state index >= 15 is 0 Å². The first-order valence-electron chi connectivity index (χ1n) is 5.01. The van der Waals surface area contributed by atoms with Crippen LogP contribution >= 0.6 is 0 Å². The Morgan fingerprint density at radius 1 is 1.29 bits per heavy atom. The number of rotatable bonds is 2. The maximum atomic E-state index is 13.3. The van der Waals surface area contributed by atoms with E-state index in [1.807, 2.05) is 6.92 Å². The fraction of sp³-hybridized carbons (Fsp3) is 0.0833. The summed E-state index contributed by atoms with van der Waals surface area (Å²) in [5.41, 5.74) is 0.738. The molecule has 0 saturated carbocycles. The summed E-state index contributed by atoms with van der Waals surface area (Å²) < 4.78 is 13.3. The number of aryl methyl sites for hydroxylation is 1. The maximum Gasteiger partial charge on any atom is 0.278 e. The Kier molecular flexibility index (Phi) is 3.09. The van der Waals surface area contributed by atoms with Gasteiger partial charge < -0.3 is 5.32 Å². The third-order valence-corrected chi connectivity index (χ3v) is 2.13. The zero-order valence-electron chi connectivity index (χ0n) is 9.14. The molecule has 1 amide bonds. The molecule has 0 unspecified atom stereocenters. The van der Waals surface area contributed by atoms with Gasteiger partial charge in [0.1, 0.15) is 5.82 Å². The fourth-order valence-corrected chi connectivity index (χ4v) is 1.27. The molecule has 0 radical (unpaired) electrons. The van der Waals surface area contributed by atoms with Crippen LogP contribution < -0.4 is 5.32 Å². The second kappa shape index (κ2) is 4.69. The van der Waals surface area contributed by atoms with Crippen LogP contribution in [0.25, 0.3) is 0 Å². The molecular formula is C12H10FN3O. The molecule has 1 N–H and O–H groups in total. The van der Waals surface area contributed by atoms with Gasteiger partial charge in [0.2, 0.25) is 0 Å². The Labute approximate surface area is 97.5 Å². The van der Waals surface area contributed by atoms with Crippen LogP contribution in [-0.4, -0.2) is 15.9 Å². The van der Waals surface area contributed by atoms with Gasteiger partial charge in [0.25, 0.3) is 5.91 Å². The van der Waals surface area contributed by atoms with Gasteiger partial charge in [-0.05, 0) is 30.7 Å². The summed E-state index contributed by atoms with van der Waals surface area (Å²) in [6.45, 7) is 1.89. The number of pyridine rings is 2. The van der Waals surface area contributed by atoms with Gasteiger partial charge in [-0.3, -0.25) is 4.79 Å². The molecule has 0 spiro atoms. The SMILES string of the molecule is Cc1ccc(NC(=O)c2ncccc2F)nc1. The Bertz CT molecular complexity index is 540. The number of carbonyl (C=O) groups excluding carboxylic acids is 1. The third kappa shape index (κ3) is 2.63. The fourth-order valence-electron chi connectivity index (χ4n) is 1.27. The molecule has 0 saturated heterocycles. The van der Waals surface area contributed by atoms with Gasteiger partial charge in [0.05, 0.1) is 0 Å². The topological polar surface area (TPSA) is 54.9 Å². The van der Waals surface area contributed by atoms with E-state index in [9.17, 15) is 9.18 Å². The predicted molar refractivity (Wildman–Crippen MR) is 61.1 cm³/mol. The van der Waals surface area contributed by atoms with E-state index in [0.29, 0.717) is 5.82 Å². The molecule has 0 aromatic carbocycles. The van der Waals surface area contributed by atoms with Crippen molar-refractivity contribution in [1.29, 1.82) is 0 Å². The minimum absolute atomic E-state index is 0.241. The predicted octanol–water partition coefficient (Wildman–Crippen LogP) is 2.18. The third-order valence-electron chi connectivity index (χ3n) is 2.13. The molecular weight excluding hydrogens is 221 g/mol. The molecule has 2 heterocycles. The summed E-state index contributed by atoms with van der Waals surface area (Å²) in [5, 5.41) is 2.47. The highest BCUT2D eigenvalue weighted by Crippen LogP contribution is 2.08. The highest BCUT2D eigenvalue weighted by molar-refractivity contribution is 6.02. The van der Waals surface area contributed by atoms with Gasteiger partial charge in [-0.1, -0.05) is 6.07 Å². The number of halogens is 1. The van der Waals surface area contributed by atoms with Gasteiger partial charge in [-0.15, -0.1) is 0 Å². The first-order chi connectivity index (χ1) is 8.16. The molecule has 2 aromatic rings. The van der Waals surface area contributed by atoms with Crippen LogP contribution in [-0.2, 0) is 0 Å². The molecule has 17 heavy (non-hydrogen) atoms. The summed E-state index contributed by atoms with van der Waals surface area (Å²) in [4.78, 5) is 19.3. The van der Waals surface area contributed by atoms with Crippen molar-refractivity contribution in [3.05, 3.63) is 53.7 Å². The lowest BCUT2D eigenvalue weighted by atomic mass is 10.3. The van der Waals surface area contributed by atoms with Gasteiger partial charge >= 0.3 is 0 Å². The lowest BCUT2D eigenvalue weighted by Crippen LogP contribution is -2.16. The number of hydrogen-bond donors (Lipinski definition) is 1. The van der Waals surface area contributed by atoms with E-state index in [1.54, 1.807) is 18.3 Å². The van der Waals surface area contributed by atoms with Crippen molar-refractivity contribution in [2.45, 2.75) is 6.92 Å². The molecule has 86 valence electrons. The number of amides is 1. The van der Waals surface area contributed by atoms with Crippen LogP contribution in [0.2, 0.25) is 0 Å². The average molecular weight is 231 g/mol. The van der Waals surface area contributed by atoms with Crippen molar-refractivity contribution in [3.8, 4) is 0 Å². The number of nitrogens with one attached hydrogen (secondary N) is 1. The Hall–Kier alpha value is -2.30. The van der Waals surface area contributed by atoms with Gasteiger partial charge in [-0.2, -0.15) is 0 Å². The zero-order chi connectivity index (χ0) is 12.3. The van der Waals surface area contributed by atoms with Crippen molar-refractivity contribution in [2.24, 2.45) is 0 Å². The first-order valence-corrected chi connectivity index (χ1v) is 5.01. The minimum atomic E-state index is -0.655. The molecule has 0 fully saturated rings. The smallest absolute Gasteiger partial charge is 0.278 e. The van der Waals surface area contributed by atoms with Crippen molar-refractivity contribution in [3.63, 3.8) is 0 Å². The second-order valence-corrected chi connectivity index (χ2v) is 3.51. The van der Waals surface area contributed by atoms with Crippen LogP contribution in [0.1, 0.15) is 16.1 Å². The lowest BCUT2D eigenvalue weighted by molar-refractivity contribution is 0.101. The molecule has 0 aliphatic rings. The normalized spacial score (nSPS) is 10.0. The monoisotopic (exact) mass is 231 g/mol. The second-order valence-electron chi connectivity index (χ2n) is 3.51. The highest BCUT2D eigenvalue weighted by atomic mass is 19.1. The van der Waals surface area contributed by atoms with Crippen molar-refractivity contribution >= 4 is 11.7 Å². The summed E-state index contributed by atoms with van der Waals surface area (Å²) in [6.07, 6.45) is 2.98. The van der Waals surface area contributed by atoms with Crippen molar-refractivity contribution < 1.29 is 9.18 Å². The molecule has 2 aromatic heterocycles. The molecule has 4 nitrogen and oxygen atoms in total. The molecule has 0 bridgehead atoms. The van der Waals surface area contributed by atoms with Crippen LogP contribution in [0, 0.1) is 12.7 Å². The number of aromatic nitrogens is 2. The standard InChI is InChI=1S/C12H10FN3O/c1-8-4-5-10(15-7-8)16-12(17)11-9(13)3-2-6-14-11/h2-7H,1H3,(H,15,16,17). The van der Waals surface area contributed by atoms with Crippen LogP contribution in [0.5, 0.6) is 0 Å². The summed E-state index contributed by atoms with van der Waals surface area (Å²) >= 11 is 0. The van der Waals surface area contributed by atoms with E-state index in [-0.39, 0.29) is 5.69 Å². The van der Waals surface area contributed by atoms with E-state index in [2.05, 4.69) is 15.3 Å². The molecule has 5 heteroatoms. The quantitative estimate of drug-likeness (QED) is 0.861. The van der Waals surface area contributed by atoms with Crippen LogP contribution in [0.3, 0.4) is 0 Å². The average Bonchev–Trinajstić information content (AvgIpc) is 2.32. The Morgan fingerprint density at radius 3 is 2.76 bits per heavy atom. The number of anilines is 1. The summed E-state index contributed by atoms with van der Waals surface area (Å²) in [7, 11) is 0. The Morgan fingerprint density at radius 2 is 2.12 bits per heavy atom. The van der Waals surface area contributed by atoms with E-state index in [1.165, 1.54) is 18.3 Å². The van der Waals surface area contributed by atoms with E-state index < -0.39 is 11.7 Å². The lowest BCUT2D eigenvalue weighted by Gasteiger charge is -2.04. The van der Waals surface area contributed by atoms with Gasteiger partial charge in [0.15, 0.2) is 11.5 Å². The largest absolute Gasteiger partial charge is 0.305 e. The maximum absolute atomic E-state index is 13.3. The van der Waals surface area contributed by atoms with Crippen molar-refractivity contribution in [2.75, 3.05) is 5.32 Å². The number of carbonyl (C=O) groups is 1. The summed E-state index contributed by atoms with van der Waals surface area (Å²) in [5.74, 6) is -0.901. The molecule has 2 rings (SSSR count). The molecule has 0 aliphatic carbocycles. The van der Waals surface area contributed by atoms with Crippen LogP contribution in [0.15, 0.2) is 36.7 Å². The number of hydrogen-bond acceptors (Lipinski definition) is 3. The first kappa shape index (κ1) is 11.2. The molecule has 0 aliphatic heterocycles. The van der Waals surface area contributed by atoms with Crippen LogP contribution in [0.4, 0.5) is 10.2 Å². The van der Waals surface area contributed by atoms with E-state index in [0.717, 1.165) is 5.56 Å². The van der Waals surface area contributed by atoms with E-state index in [4.69, 9.17) is 0 Å². The number of nitrogens with zero attached hydrogens (tertiary/aromatic N) is 2. The Balaban J connectivity index is 2.17. The molecule has 0 atom stereocenters. The summed E-state index contributed by atoms with van der Waals surface area (Å²) in [6, 6.07) is 6.06. The van der Waals surface area contributed by atoms with Gasteiger partial charge in [-0.25, -0.2) is 14.4 Å². The van der Waals surface area contributed by atoms with Gasteiger partial charge in [0, 0.05) is 12.4 Å². The zero-order valence-corrected chi connectivity index (χ0v) is 9.14. The van der Waals surface area contributed by atoms with Crippen molar-refractivity contribution in [1.82, 2.24) is 9.97 Å². The minimum Gasteiger partial charge on any atom is -0.305 e. The highest BCUT2D eigenvalue weighted by Gasteiger charge is 2.12.